The van der Waals surface area contributed by atoms with Crippen LogP contribution in [0.3, 0.4) is 0 Å². The van der Waals surface area contributed by atoms with Crippen molar-refractivity contribution in [3.8, 4) is 0 Å². The Morgan fingerprint density at radius 2 is 1.77 bits per heavy atom. The number of carbonyl (C=O) groups is 1. The number of aryl methyl sites for hydroxylation is 1. The number of ether oxygens (including phenoxy) is 1. The van der Waals surface area contributed by atoms with Crippen molar-refractivity contribution in [3.63, 3.8) is 0 Å². The van der Waals surface area contributed by atoms with Gasteiger partial charge in [0.05, 0.1) is 17.8 Å². The number of amides is 1. The van der Waals surface area contributed by atoms with E-state index in [1.807, 2.05) is 31.9 Å². The van der Waals surface area contributed by atoms with Crippen molar-refractivity contribution in [2.75, 3.05) is 39.3 Å². The van der Waals surface area contributed by atoms with E-state index in [4.69, 9.17) is 4.74 Å². The highest BCUT2D eigenvalue weighted by Crippen LogP contribution is 2.28. The second-order valence-electron chi connectivity index (χ2n) is 8.23. The van der Waals surface area contributed by atoms with Crippen molar-refractivity contribution >= 4 is 5.91 Å². The smallest absolute Gasteiger partial charge is 0.255 e. The molecule has 2 aliphatic rings. The summed E-state index contributed by atoms with van der Waals surface area (Å²) in [5, 5.41) is 9.86. The standard InChI is InChI=1S/C20H33N3O3/c1-13-6-19(16(4)21(13)5)20(25)23-10-17(18(11-23)12-24)9-22-7-14(2)26-15(3)8-22/h6,14-15,17-18,24H,7-12H2,1-5H3/t14-,15+,17-,18-/m1/s1. The van der Waals surface area contributed by atoms with Crippen molar-refractivity contribution in [2.45, 2.75) is 39.9 Å². The molecular weight excluding hydrogens is 330 g/mol. The summed E-state index contributed by atoms with van der Waals surface area (Å²) in [6.45, 7) is 12.5. The first-order valence-electron chi connectivity index (χ1n) is 9.71. The van der Waals surface area contributed by atoms with E-state index in [0.29, 0.717) is 12.5 Å². The molecule has 2 aliphatic heterocycles. The number of morpholine rings is 1. The van der Waals surface area contributed by atoms with Gasteiger partial charge in [-0.2, -0.15) is 0 Å². The predicted octanol–water partition coefficient (Wildman–Crippen LogP) is 1.43. The van der Waals surface area contributed by atoms with E-state index in [-0.39, 0.29) is 30.6 Å². The molecule has 2 fully saturated rings. The molecule has 1 N–H and O–H groups in total. The molecule has 3 rings (SSSR count). The summed E-state index contributed by atoms with van der Waals surface area (Å²) in [5.41, 5.74) is 2.89. The van der Waals surface area contributed by atoms with Gasteiger partial charge in [0.25, 0.3) is 5.91 Å². The minimum absolute atomic E-state index is 0.0934. The average molecular weight is 364 g/mol. The van der Waals surface area contributed by atoms with Gasteiger partial charge in [-0.15, -0.1) is 0 Å². The van der Waals surface area contributed by atoms with E-state index in [9.17, 15) is 9.90 Å². The summed E-state index contributed by atoms with van der Waals surface area (Å²) >= 11 is 0. The van der Waals surface area contributed by atoms with E-state index in [2.05, 4.69) is 23.3 Å². The number of aromatic nitrogens is 1. The normalized spacial score (nSPS) is 30.2. The lowest BCUT2D eigenvalue weighted by Crippen LogP contribution is -2.48. The zero-order valence-electron chi connectivity index (χ0n) is 16.7. The first kappa shape index (κ1) is 19.4. The number of likely N-dealkylation sites (tertiary alicyclic amines) is 1. The lowest BCUT2D eigenvalue weighted by molar-refractivity contribution is -0.0726. The van der Waals surface area contributed by atoms with Gasteiger partial charge in [0, 0.05) is 63.7 Å². The van der Waals surface area contributed by atoms with Crippen molar-refractivity contribution < 1.29 is 14.6 Å². The Hall–Kier alpha value is -1.37. The van der Waals surface area contributed by atoms with E-state index >= 15 is 0 Å². The van der Waals surface area contributed by atoms with Gasteiger partial charge in [-0.1, -0.05) is 0 Å². The van der Waals surface area contributed by atoms with Crippen LogP contribution in [0.15, 0.2) is 6.07 Å². The van der Waals surface area contributed by atoms with E-state index in [1.165, 1.54) is 0 Å². The van der Waals surface area contributed by atoms with Crippen molar-refractivity contribution in [3.05, 3.63) is 23.0 Å². The molecule has 0 saturated carbocycles. The van der Waals surface area contributed by atoms with Crippen LogP contribution >= 0.6 is 0 Å². The summed E-state index contributed by atoms with van der Waals surface area (Å²) in [6, 6.07) is 1.98. The van der Waals surface area contributed by atoms with Crippen LogP contribution in [-0.2, 0) is 11.8 Å². The summed E-state index contributed by atoms with van der Waals surface area (Å²) in [5.74, 6) is 0.556. The SMILES string of the molecule is Cc1cc(C(=O)N2C[C@@H](CN3C[C@@H](C)O[C@@H](C)C3)[C@@H](CO)C2)c(C)n1C. The van der Waals surface area contributed by atoms with Crippen molar-refractivity contribution in [1.82, 2.24) is 14.4 Å². The van der Waals surface area contributed by atoms with Gasteiger partial charge in [0.1, 0.15) is 0 Å². The summed E-state index contributed by atoms with van der Waals surface area (Å²) in [4.78, 5) is 17.4. The van der Waals surface area contributed by atoms with Crippen LogP contribution in [0.5, 0.6) is 0 Å². The van der Waals surface area contributed by atoms with Crippen LogP contribution in [-0.4, -0.2) is 76.9 Å². The van der Waals surface area contributed by atoms with Crippen LogP contribution in [0.4, 0.5) is 0 Å². The van der Waals surface area contributed by atoms with Gasteiger partial charge in [0.15, 0.2) is 0 Å². The molecule has 146 valence electrons. The molecule has 3 heterocycles. The Morgan fingerprint density at radius 1 is 1.15 bits per heavy atom. The third-order valence-corrected chi connectivity index (χ3v) is 6.09. The quantitative estimate of drug-likeness (QED) is 0.879. The number of hydrogen-bond acceptors (Lipinski definition) is 4. The number of carbonyl (C=O) groups excluding carboxylic acids is 1. The van der Waals surface area contributed by atoms with Crippen LogP contribution in [0.25, 0.3) is 0 Å². The highest BCUT2D eigenvalue weighted by Gasteiger charge is 2.37. The first-order chi connectivity index (χ1) is 12.3. The minimum Gasteiger partial charge on any atom is -0.396 e. The lowest BCUT2D eigenvalue weighted by Gasteiger charge is -2.37. The molecule has 1 aromatic rings. The van der Waals surface area contributed by atoms with Crippen LogP contribution in [0.2, 0.25) is 0 Å². The molecule has 0 radical (unpaired) electrons. The molecule has 0 aliphatic carbocycles. The van der Waals surface area contributed by atoms with Gasteiger partial charge < -0.3 is 19.3 Å². The Kier molecular flexibility index (Phi) is 5.75. The maximum atomic E-state index is 13.0. The van der Waals surface area contributed by atoms with Gasteiger partial charge >= 0.3 is 0 Å². The summed E-state index contributed by atoms with van der Waals surface area (Å²) in [6.07, 6.45) is 0.473. The predicted molar refractivity (Wildman–Crippen MR) is 101 cm³/mol. The second-order valence-corrected chi connectivity index (χ2v) is 8.23. The molecule has 0 bridgehead atoms. The first-order valence-corrected chi connectivity index (χ1v) is 9.71. The third-order valence-electron chi connectivity index (χ3n) is 6.09. The number of rotatable bonds is 4. The average Bonchev–Trinajstić information content (AvgIpc) is 3.09. The maximum absolute atomic E-state index is 13.0. The number of nitrogens with zero attached hydrogens (tertiary/aromatic N) is 3. The lowest BCUT2D eigenvalue weighted by atomic mass is 9.96. The van der Waals surface area contributed by atoms with Gasteiger partial charge in [-0.25, -0.2) is 0 Å². The highest BCUT2D eigenvalue weighted by molar-refractivity contribution is 5.96. The fourth-order valence-electron chi connectivity index (χ4n) is 4.53. The molecule has 0 unspecified atom stereocenters. The minimum atomic E-state index is 0.0934. The topological polar surface area (TPSA) is 57.9 Å². The second kappa shape index (κ2) is 7.71. The zero-order valence-corrected chi connectivity index (χ0v) is 16.7. The van der Waals surface area contributed by atoms with Crippen molar-refractivity contribution in [1.29, 1.82) is 0 Å². The van der Waals surface area contributed by atoms with Gasteiger partial charge in [0.2, 0.25) is 0 Å². The van der Waals surface area contributed by atoms with Crippen molar-refractivity contribution in [2.24, 2.45) is 18.9 Å². The summed E-state index contributed by atoms with van der Waals surface area (Å²) < 4.78 is 7.88. The highest BCUT2D eigenvalue weighted by atomic mass is 16.5. The Labute approximate surface area is 156 Å². The Morgan fingerprint density at radius 3 is 2.31 bits per heavy atom. The maximum Gasteiger partial charge on any atom is 0.255 e. The Balaban J connectivity index is 1.68. The fraction of sp³-hybridized carbons (Fsp3) is 0.750. The third kappa shape index (κ3) is 3.82. The largest absolute Gasteiger partial charge is 0.396 e. The summed E-state index contributed by atoms with van der Waals surface area (Å²) in [7, 11) is 1.99. The van der Waals surface area contributed by atoms with E-state index in [1.54, 1.807) is 0 Å². The molecule has 26 heavy (non-hydrogen) atoms. The zero-order chi connectivity index (χ0) is 19.0. The Bertz CT molecular complexity index is 647. The molecule has 1 aromatic heterocycles. The van der Waals surface area contributed by atoms with Crippen LogP contribution < -0.4 is 0 Å². The molecule has 2 saturated heterocycles. The fourth-order valence-corrected chi connectivity index (χ4v) is 4.53. The monoisotopic (exact) mass is 363 g/mol. The number of aliphatic hydroxyl groups excluding tert-OH is 1. The van der Waals surface area contributed by atoms with Gasteiger partial charge in [-0.3, -0.25) is 9.69 Å². The van der Waals surface area contributed by atoms with Gasteiger partial charge in [-0.05, 0) is 39.7 Å². The number of hydrogen-bond donors (Lipinski definition) is 1. The van der Waals surface area contributed by atoms with Crippen LogP contribution in [0.1, 0.15) is 35.6 Å². The van der Waals surface area contributed by atoms with Crippen LogP contribution in [0, 0.1) is 25.7 Å². The molecule has 4 atom stereocenters. The van der Waals surface area contributed by atoms with E-state index < -0.39 is 0 Å². The molecule has 6 heteroatoms. The molecular formula is C20H33N3O3. The molecule has 0 aromatic carbocycles. The van der Waals surface area contributed by atoms with E-state index in [0.717, 1.165) is 43.1 Å². The molecule has 6 nitrogen and oxygen atoms in total. The molecule has 0 spiro atoms. The number of aliphatic hydroxyl groups is 1. The molecule has 1 amide bonds.